The van der Waals surface area contributed by atoms with E-state index < -0.39 is 0 Å². The topological polar surface area (TPSA) is 82.7 Å². The normalized spacial score (nSPS) is 11.9. The molecule has 0 radical (unpaired) electrons. The lowest BCUT2D eigenvalue weighted by Gasteiger charge is -2.15. The smallest absolute Gasteiger partial charge is 0.238 e. The number of imidazole rings is 1. The van der Waals surface area contributed by atoms with Crippen LogP contribution in [0.4, 0.5) is 5.69 Å². The molecule has 0 aliphatic rings. The number of nitrogens with zero attached hydrogens (tertiary/aromatic N) is 3. The molecule has 6 nitrogen and oxygen atoms in total. The van der Waals surface area contributed by atoms with Crippen LogP contribution in [0.1, 0.15) is 31.3 Å². The first kappa shape index (κ1) is 17.6. The van der Waals surface area contributed by atoms with Crippen LogP contribution in [0.25, 0.3) is 11.0 Å². The van der Waals surface area contributed by atoms with Gasteiger partial charge in [-0.15, -0.1) is 0 Å². The van der Waals surface area contributed by atoms with Gasteiger partial charge >= 0.3 is 0 Å². The van der Waals surface area contributed by atoms with Gasteiger partial charge < -0.3 is 9.88 Å². The molecule has 0 saturated carbocycles. The zero-order chi connectivity index (χ0) is 18.5. The van der Waals surface area contributed by atoms with E-state index in [9.17, 15) is 4.79 Å². The number of nitrogens with one attached hydrogen (secondary N) is 2. The van der Waals surface area contributed by atoms with Gasteiger partial charge in [0.05, 0.1) is 35.3 Å². The lowest BCUT2D eigenvalue weighted by atomic mass is 10.2. The molecular weight excluding hydrogens is 326 g/mol. The number of aryl methyl sites for hydroxylation is 1. The highest BCUT2D eigenvalue weighted by molar-refractivity contribution is 5.92. The summed E-state index contributed by atoms with van der Waals surface area (Å²) in [7, 11) is 0. The van der Waals surface area contributed by atoms with Crippen molar-refractivity contribution in [2.45, 2.75) is 26.4 Å². The van der Waals surface area contributed by atoms with Crippen molar-refractivity contribution in [3.05, 3.63) is 59.9 Å². The summed E-state index contributed by atoms with van der Waals surface area (Å²) in [6.07, 6.45) is 0. The van der Waals surface area contributed by atoms with E-state index in [2.05, 4.69) is 34.3 Å². The highest BCUT2D eigenvalue weighted by Gasteiger charge is 2.16. The van der Waals surface area contributed by atoms with Crippen molar-refractivity contribution >= 4 is 22.6 Å². The van der Waals surface area contributed by atoms with Gasteiger partial charge in [-0.2, -0.15) is 5.26 Å². The van der Waals surface area contributed by atoms with Gasteiger partial charge in [0.1, 0.15) is 5.82 Å². The van der Waals surface area contributed by atoms with Gasteiger partial charge in [-0.3, -0.25) is 10.1 Å². The van der Waals surface area contributed by atoms with Crippen molar-refractivity contribution in [1.82, 2.24) is 14.9 Å². The largest absolute Gasteiger partial charge is 0.327 e. The van der Waals surface area contributed by atoms with Crippen LogP contribution in [-0.4, -0.2) is 22.0 Å². The maximum atomic E-state index is 12.2. The van der Waals surface area contributed by atoms with Gasteiger partial charge in [0.2, 0.25) is 5.91 Å². The van der Waals surface area contributed by atoms with E-state index in [0.29, 0.717) is 11.3 Å². The molecule has 0 aliphatic carbocycles. The number of amides is 1. The Morgan fingerprint density at radius 1 is 1.23 bits per heavy atom. The van der Waals surface area contributed by atoms with Crippen LogP contribution in [0, 0.1) is 11.3 Å². The summed E-state index contributed by atoms with van der Waals surface area (Å²) in [6.45, 7) is 5.08. The minimum Gasteiger partial charge on any atom is -0.327 e. The Bertz CT molecular complexity index is 952. The molecule has 0 fully saturated rings. The number of carbonyl (C=O) groups excluding carboxylic acids is 1. The number of benzene rings is 2. The molecule has 2 N–H and O–H groups in total. The second-order valence-electron chi connectivity index (χ2n) is 6.04. The molecule has 1 amide bonds. The van der Waals surface area contributed by atoms with Crippen LogP contribution in [0.3, 0.4) is 0 Å². The van der Waals surface area contributed by atoms with Gasteiger partial charge in [0, 0.05) is 12.2 Å². The first-order valence-corrected chi connectivity index (χ1v) is 8.61. The number of aromatic nitrogens is 2. The Kier molecular flexibility index (Phi) is 5.30. The first-order valence-electron chi connectivity index (χ1n) is 8.61. The fourth-order valence-electron chi connectivity index (χ4n) is 2.93. The van der Waals surface area contributed by atoms with E-state index in [1.54, 1.807) is 24.3 Å². The standard InChI is InChI=1S/C20H21N5O/c1-3-25-18-7-5-4-6-17(18)24-20(25)14(2)22-13-19(26)23-16-10-8-15(12-21)9-11-16/h4-11,14,22H,3,13H2,1-2H3,(H,23,26). The van der Waals surface area contributed by atoms with Crippen LogP contribution < -0.4 is 10.6 Å². The summed E-state index contributed by atoms with van der Waals surface area (Å²) >= 11 is 0. The summed E-state index contributed by atoms with van der Waals surface area (Å²) in [5.41, 5.74) is 3.29. The Morgan fingerprint density at radius 3 is 2.65 bits per heavy atom. The lowest BCUT2D eigenvalue weighted by Crippen LogP contribution is -2.31. The molecule has 0 aliphatic heterocycles. The maximum absolute atomic E-state index is 12.2. The quantitative estimate of drug-likeness (QED) is 0.717. The van der Waals surface area contributed by atoms with Gasteiger partial charge in [-0.1, -0.05) is 12.1 Å². The fraction of sp³-hybridized carbons (Fsp3) is 0.250. The second-order valence-corrected chi connectivity index (χ2v) is 6.04. The Balaban J connectivity index is 1.64. The van der Waals surface area contributed by atoms with Gasteiger partial charge in [0.15, 0.2) is 0 Å². The molecule has 6 heteroatoms. The summed E-state index contributed by atoms with van der Waals surface area (Å²) < 4.78 is 2.16. The van der Waals surface area contributed by atoms with E-state index in [1.807, 2.05) is 25.1 Å². The molecule has 1 atom stereocenters. The number of fused-ring (bicyclic) bond motifs is 1. The highest BCUT2D eigenvalue weighted by atomic mass is 16.1. The van der Waals surface area contributed by atoms with E-state index in [0.717, 1.165) is 23.4 Å². The van der Waals surface area contributed by atoms with Crippen molar-refractivity contribution in [2.75, 3.05) is 11.9 Å². The lowest BCUT2D eigenvalue weighted by molar-refractivity contribution is -0.115. The fourth-order valence-corrected chi connectivity index (χ4v) is 2.93. The average Bonchev–Trinajstić information content (AvgIpc) is 3.05. The minimum absolute atomic E-state index is 0.0611. The molecule has 1 unspecified atom stereocenters. The van der Waals surface area contributed by atoms with Gasteiger partial charge in [0.25, 0.3) is 0 Å². The van der Waals surface area contributed by atoms with Crippen molar-refractivity contribution < 1.29 is 4.79 Å². The number of carbonyl (C=O) groups is 1. The molecular formula is C20H21N5O. The molecule has 2 aromatic carbocycles. The Morgan fingerprint density at radius 2 is 1.96 bits per heavy atom. The first-order chi connectivity index (χ1) is 12.6. The third kappa shape index (κ3) is 3.73. The third-order valence-corrected chi connectivity index (χ3v) is 4.25. The molecule has 1 aromatic heterocycles. The molecule has 0 bridgehead atoms. The van der Waals surface area contributed by atoms with Crippen LogP contribution in [0.5, 0.6) is 0 Å². The molecule has 26 heavy (non-hydrogen) atoms. The maximum Gasteiger partial charge on any atom is 0.238 e. The predicted octanol–water partition coefficient (Wildman–Crippen LogP) is 3.22. The number of para-hydroxylation sites is 2. The molecule has 3 aromatic rings. The number of nitriles is 1. The molecule has 1 heterocycles. The minimum atomic E-state index is -0.138. The molecule has 3 rings (SSSR count). The van der Waals surface area contributed by atoms with E-state index in [-0.39, 0.29) is 18.5 Å². The zero-order valence-corrected chi connectivity index (χ0v) is 14.9. The summed E-state index contributed by atoms with van der Waals surface area (Å²) in [6, 6.07) is 16.8. The second kappa shape index (κ2) is 7.81. The summed E-state index contributed by atoms with van der Waals surface area (Å²) in [4.78, 5) is 16.9. The van der Waals surface area contributed by atoms with Gasteiger partial charge in [-0.05, 0) is 50.2 Å². The van der Waals surface area contributed by atoms with Crippen LogP contribution >= 0.6 is 0 Å². The van der Waals surface area contributed by atoms with Crippen molar-refractivity contribution in [1.29, 1.82) is 5.26 Å². The van der Waals surface area contributed by atoms with E-state index in [1.165, 1.54) is 0 Å². The summed E-state index contributed by atoms with van der Waals surface area (Å²) in [5.74, 6) is 0.778. The van der Waals surface area contributed by atoms with Crippen molar-refractivity contribution in [2.24, 2.45) is 0 Å². The average molecular weight is 347 g/mol. The third-order valence-electron chi connectivity index (χ3n) is 4.25. The van der Waals surface area contributed by atoms with Crippen LogP contribution in [0.2, 0.25) is 0 Å². The van der Waals surface area contributed by atoms with Gasteiger partial charge in [-0.25, -0.2) is 4.98 Å². The number of anilines is 1. The number of rotatable bonds is 6. The Labute approximate surface area is 152 Å². The zero-order valence-electron chi connectivity index (χ0n) is 14.9. The monoisotopic (exact) mass is 347 g/mol. The highest BCUT2D eigenvalue weighted by Crippen LogP contribution is 2.20. The van der Waals surface area contributed by atoms with Crippen molar-refractivity contribution in [3.63, 3.8) is 0 Å². The molecule has 132 valence electrons. The van der Waals surface area contributed by atoms with Crippen LogP contribution in [0.15, 0.2) is 48.5 Å². The molecule has 0 spiro atoms. The van der Waals surface area contributed by atoms with E-state index in [4.69, 9.17) is 10.2 Å². The Hall–Kier alpha value is -3.17. The predicted molar refractivity (Wildman–Crippen MR) is 102 cm³/mol. The summed E-state index contributed by atoms with van der Waals surface area (Å²) in [5, 5.41) is 14.9. The molecule has 0 saturated heterocycles. The number of hydrogen-bond donors (Lipinski definition) is 2. The van der Waals surface area contributed by atoms with Crippen LogP contribution in [-0.2, 0) is 11.3 Å². The van der Waals surface area contributed by atoms with E-state index >= 15 is 0 Å². The number of hydrogen-bond acceptors (Lipinski definition) is 4. The van der Waals surface area contributed by atoms with Crippen molar-refractivity contribution in [3.8, 4) is 6.07 Å². The SMILES string of the molecule is CCn1c(C(C)NCC(=O)Nc2ccc(C#N)cc2)nc2ccccc21.